The van der Waals surface area contributed by atoms with Crippen molar-refractivity contribution in [1.29, 1.82) is 0 Å². The minimum absolute atomic E-state index is 0.237. The number of hydrogen-bond acceptors (Lipinski definition) is 5. The number of nitrogens with zero attached hydrogens (tertiary/aromatic N) is 1. The van der Waals surface area contributed by atoms with Crippen LogP contribution >= 0.6 is 11.3 Å². The van der Waals surface area contributed by atoms with Crippen LogP contribution < -0.4 is 11.1 Å². The number of rotatable bonds is 6. The van der Waals surface area contributed by atoms with Crippen molar-refractivity contribution in [2.45, 2.75) is 49.3 Å². The number of sulfonamides is 1. The molecule has 3 N–H and O–H groups in total. The van der Waals surface area contributed by atoms with E-state index in [4.69, 9.17) is 5.73 Å². The van der Waals surface area contributed by atoms with Gasteiger partial charge < -0.3 is 11.1 Å². The van der Waals surface area contributed by atoms with Crippen LogP contribution in [-0.4, -0.2) is 43.8 Å². The van der Waals surface area contributed by atoms with E-state index < -0.39 is 15.6 Å². The molecule has 1 atom stereocenters. The van der Waals surface area contributed by atoms with Gasteiger partial charge >= 0.3 is 0 Å². The van der Waals surface area contributed by atoms with E-state index in [9.17, 15) is 13.2 Å². The molecule has 1 aliphatic heterocycles. The van der Waals surface area contributed by atoms with E-state index >= 15 is 0 Å². The molecule has 1 saturated carbocycles. The standard InChI is InChI=1S/C17H27N3O3S2/c1-12-7-9-20(10-8-12)25(22,23)15-6-5-14(24-15)16(21)19-17(2,11-18)13-3-4-13/h5-6,12-13H,3-4,7-11,18H2,1-2H3,(H,19,21). The van der Waals surface area contributed by atoms with Gasteiger partial charge in [-0.05, 0) is 56.6 Å². The van der Waals surface area contributed by atoms with Crippen LogP contribution in [0.3, 0.4) is 0 Å². The van der Waals surface area contributed by atoms with E-state index in [0.717, 1.165) is 37.0 Å². The minimum atomic E-state index is -3.50. The van der Waals surface area contributed by atoms with Gasteiger partial charge in [0, 0.05) is 19.6 Å². The van der Waals surface area contributed by atoms with Gasteiger partial charge in [-0.2, -0.15) is 4.31 Å². The summed E-state index contributed by atoms with van der Waals surface area (Å²) in [6.45, 7) is 5.59. The number of nitrogens with two attached hydrogens (primary N) is 1. The third-order valence-electron chi connectivity index (χ3n) is 5.44. The SMILES string of the molecule is CC1CCN(S(=O)(=O)c2ccc(C(=O)NC(C)(CN)C3CC3)s2)CC1. The van der Waals surface area contributed by atoms with Crippen molar-refractivity contribution in [3.63, 3.8) is 0 Å². The Morgan fingerprint density at radius 2 is 1.96 bits per heavy atom. The van der Waals surface area contributed by atoms with Crippen molar-refractivity contribution in [3.05, 3.63) is 17.0 Å². The monoisotopic (exact) mass is 385 g/mol. The maximum atomic E-state index is 12.8. The average Bonchev–Trinajstić information content (AvgIpc) is 3.32. The predicted octanol–water partition coefficient (Wildman–Crippen LogP) is 2.03. The van der Waals surface area contributed by atoms with E-state index in [-0.39, 0.29) is 10.1 Å². The summed E-state index contributed by atoms with van der Waals surface area (Å²) in [5, 5.41) is 3.01. The first-order valence-corrected chi connectivity index (χ1v) is 11.1. The molecule has 1 unspecified atom stereocenters. The zero-order valence-corrected chi connectivity index (χ0v) is 16.5. The third-order valence-corrected chi connectivity index (χ3v) is 8.89. The minimum Gasteiger partial charge on any atom is -0.345 e. The molecule has 6 nitrogen and oxygen atoms in total. The molecule has 1 aromatic rings. The van der Waals surface area contributed by atoms with Gasteiger partial charge in [-0.25, -0.2) is 8.42 Å². The largest absolute Gasteiger partial charge is 0.345 e. The van der Waals surface area contributed by atoms with E-state index in [1.165, 1.54) is 4.31 Å². The van der Waals surface area contributed by atoms with Crippen molar-refractivity contribution in [2.24, 2.45) is 17.6 Å². The van der Waals surface area contributed by atoms with Crippen molar-refractivity contribution < 1.29 is 13.2 Å². The summed E-state index contributed by atoms with van der Waals surface area (Å²) in [5.41, 5.74) is 5.43. The topological polar surface area (TPSA) is 92.5 Å². The smallest absolute Gasteiger partial charge is 0.261 e. The van der Waals surface area contributed by atoms with E-state index in [2.05, 4.69) is 12.2 Å². The van der Waals surface area contributed by atoms with Crippen molar-refractivity contribution in [3.8, 4) is 0 Å². The Hall–Kier alpha value is -0.960. The zero-order valence-electron chi connectivity index (χ0n) is 14.8. The first kappa shape index (κ1) is 18.8. The first-order chi connectivity index (χ1) is 11.8. The molecule has 1 aliphatic carbocycles. The lowest BCUT2D eigenvalue weighted by molar-refractivity contribution is 0.0902. The van der Waals surface area contributed by atoms with Crippen molar-refractivity contribution in [2.75, 3.05) is 19.6 Å². The highest BCUT2D eigenvalue weighted by atomic mass is 32.2. The van der Waals surface area contributed by atoms with Gasteiger partial charge in [0.2, 0.25) is 0 Å². The summed E-state index contributed by atoms with van der Waals surface area (Å²) in [6.07, 6.45) is 3.92. The molecule has 0 radical (unpaired) electrons. The van der Waals surface area contributed by atoms with Gasteiger partial charge in [-0.15, -0.1) is 11.3 Å². The number of amides is 1. The molecule has 3 rings (SSSR count). The van der Waals surface area contributed by atoms with Gasteiger partial charge in [0.25, 0.3) is 15.9 Å². The summed E-state index contributed by atoms with van der Waals surface area (Å²) < 4.78 is 27.3. The van der Waals surface area contributed by atoms with Crippen LogP contribution in [0.2, 0.25) is 0 Å². The number of carbonyl (C=O) groups excluding carboxylic acids is 1. The van der Waals surface area contributed by atoms with Gasteiger partial charge in [0.1, 0.15) is 4.21 Å². The Labute approximate surface area is 153 Å². The highest BCUT2D eigenvalue weighted by Crippen LogP contribution is 2.39. The summed E-state index contributed by atoms with van der Waals surface area (Å²) in [6, 6.07) is 3.15. The molecule has 8 heteroatoms. The second kappa shape index (κ2) is 6.98. The van der Waals surface area contributed by atoms with E-state index in [1.54, 1.807) is 12.1 Å². The highest BCUT2D eigenvalue weighted by Gasteiger charge is 2.42. The van der Waals surface area contributed by atoms with E-state index in [0.29, 0.717) is 36.3 Å². The average molecular weight is 386 g/mol. The summed E-state index contributed by atoms with van der Waals surface area (Å²) in [7, 11) is -3.50. The van der Waals surface area contributed by atoms with Crippen LogP contribution in [-0.2, 0) is 10.0 Å². The maximum absolute atomic E-state index is 12.8. The first-order valence-electron chi connectivity index (χ1n) is 8.89. The van der Waals surface area contributed by atoms with Crippen LogP contribution in [0.5, 0.6) is 0 Å². The summed E-state index contributed by atoms with van der Waals surface area (Å²) >= 11 is 1.04. The number of carbonyl (C=O) groups is 1. The third kappa shape index (κ3) is 3.92. The van der Waals surface area contributed by atoms with Crippen LogP contribution in [0.4, 0.5) is 0 Å². The molecular weight excluding hydrogens is 358 g/mol. The fraction of sp³-hybridized carbons (Fsp3) is 0.706. The molecule has 0 spiro atoms. The summed E-state index contributed by atoms with van der Waals surface area (Å²) in [5.74, 6) is 0.742. The Balaban J connectivity index is 1.72. The molecule has 1 amide bonds. The van der Waals surface area contributed by atoms with Crippen LogP contribution in [0.25, 0.3) is 0 Å². The molecule has 0 aromatic carbocycles. The van der Waals surface area contributed by atoms with Crippen LogP contribution in [0, 0.1) is 11.8 Å². The van der Waals surface area contributed by atoms with Crippen molar-refractivity contribution >= 4 is 27.3 Å². The second-order valence-electron chi connectivity index (χ2n) is 7.56. The molecule has 2 heterocycles. The molecular formula is C17H27N3O3S2. The molecule has 2 aliphatic rings. The maximum Gasteiger partial charge on any atom is 0.261 e. The van der Waals surface area contributed by atoms with Crippen LogP contribution in [0.1, 0.15) is 49.2 Å². The normalized spacial score (nSPS) is 22.5. The quantitative estimate of drug-likeness (QED) is 0.784. The molecule has 1 saturated heterocycles. The molecule has 1 aromatic heterocycles. The summed E-state index contributed by atoms with van der Waals surface area (Å²) in [4.78, 5) is 13.0. The van der Waals surface area contributed by atoms with Gasteiger partial charge in [0.15, 0.2) is 0 Å². The zero-order chi connectivity index (χ0) is 18.2. The Morgan fingerprint density at radius 3 is 2.52 bits per heavy atom. The second-order valence-corrected chi connectivity index (χ2v) is 10.8. The van der Waals surface area contributed by atoms with Crippen LogP contribution in [0.15, 0.2) is 16.3 Å². The molecule has 25 heavy (non-hydrogen) atoms. The fourth-order valence-electron chi connectivity index (χ4n) is 3.29. The molecule has 140 valence electrons. The molecule has 0 bridgehead atoms. The predicted molar refractivity (Wildman–Crippen MR) is 99.1 cm³/mol. The Kier molecular flexibility index (Phi) is 5.26. The lowest BCUT2D eigenvalue weighted by Gasteiger charge is -2.29. The fourth-order valence-corrected chi connectivity index (χ4v) is 6.12. The van der Waals surface area contributed by atoms with Gasteiger partial charge in [0.05, 0.1) is 10.4 Å². The lowest BCUT2D eigenvalue weighted by atomic mass is 9.96. The Morgan fingerprint density at radius 1 is 1.32 bits per heavy atom. The number of hydrogen-bond donors (Lipinski definition) is 2. The molecule has 2 fully saturated rings. The van der Waals surface area contributed by atoms with Gasteiger partial charge in [-0.3, -0.25) is 4.79 Å². The number of thiophene rings is 1. The van der Waals surface area contributed by atoms with E-state index in [1.807, 2.05) is 6.92 Å². The number of piperidine rings is 1. The number of nitrogens with one attached hydrogen (secondary N) is 1. The van der Waals surface area contributed by atoms with Crippen molar-refractivity contribution in [1.82, 2.24) is 9.62 Å². The Bertz CT molecular complexity index is 734. The highest BCUT2D eigenvalue weighted by molar-refractivity contribution is 7.91. The van der Waals surface area contributed by atoms with Gasteiger partial charge in [-0.1, -0.05) is 6.92 Å². The lowest BCUT2D eigenvalue weighted by Crippen LogP contribution is -2.53.